The first-order valence-electron chi connectivity index (χ1n) is 0.400. The van der Waals surface area contributed by atoms with Gasteiger partial charge in [0.1, 0.15) is 0 Å². The molecule has 4 nitrogen and oxygen atoms in total. The monoisotopic (exact) mass is 83.0 g/mol. The Morgan fingerprint density at radius 3 is 1.20 bits per heavy atom. The van der Waals surface area contributed by atoms with Gasteiger partial charge in [-0.3, -0.25) is 4.91 Å². The molecule has 0 aromatic rings. The van der Waals surface area contributed by atoms with E-state index in [1.807, 2.05) is 0 Å². The molecule has 5 heavy (non-hydrogen) atoms. The van der Waals surface area contributed by atoms with Gasteiger partial charge in [-0.15, -0.1) is 0 Å². The van der Waals surface area contributed by atoms with E-state index < -0.39 is 0 Å². The van der Waals surface area contributed by atoms with Crippen molar-refractivity contribution in [1.29, 1.82) is 0 Å². The van der Waals surface area contributed by atoms with Gasteiger partial charge in [-0.2, -0.15) is 0 Å². The molecule has 0 bridgehead atoms. The molecule has 0 aromatic carbocycles. The van der Waals surface area contributed by atoms with Gasteiger partial charge >= 0.3 is 29.6 Å². The van der Waals surface area contributed by atoms with E-state index in [2.05, 4.69) is 0 Å². The summed E-state index contributed by atoms with van der Waals surface area (Å²) in [6.07, 6.45) is 0. The zero-order valence-electron chi connectivity index (χ0n) is 2.84. The smallest absolute Gasteiger partial charge is 0.412 e. The van der Waals surface area contributed by atoms with Crippen LogP contribution in [0.2, 0.25) is 0 Å². The normalized spacial score (nSPS) is 1.60. The van der Waals surface area contributed by atoms with Crippen LogP contribution in [0.1, 0.15) is 0 Å². The summed E-state index contributed by atoms with van der Waals surface area (Å²) in [5.41, 5.74) is 13.5. The van der Waals surface area contributed by atoms with Gasteiger partial charge in [0.2, 0.25) is 0 Å². The van der Waals surface area contributed by atoms with Crippen LogP contribution >= 0.6 is 0 Å². The first kappa shape index (κ1) is 18.6. The molecule has 0 saturated carbocycles. The Bertz CT molecular complexity index is 27.9. The van der Waals surface area contributed by atoms with Crippen LogP contribution in [0.4, 0.5) is 0 Å². The maximum Gasteiger partial charge on any atom is 1.00 e. The van der Waals surface area contributed by atoms with E-state index in [-0.39, 0.29) is 35.0 Å². The molecule has 0 amide bonds. The fourth-order valence-electron chi connectivity index (χ4n) is 0. The Morgan fingerprint density at radius 2 is 1.20 bits per heavy atom. The molecule has 0 aliphatic heterocycles. The first-order chi connectivity index (χ1) is 1.41. The average molecular weight is 83.0 g/mol. The molecule has 2 N–H and O–H groups in total. The molecule has 0 fully saturated rings. The van der Waals surface area contributed by atoms with Crippen LogP contribution < -0.4 is 29.6 Å². The molecule has 0 rings (SSSR count). The van der Waals surface area contributed by atoms with E-state index in [1.54, 1.807) is 0 Å². The Labute approximate surface area is 51.2 Å². The van der Waals surface area contributed by atoms with Crippen molar-refractivity contribution in [1.82, 2.24) is 0 Å². The van der Waals surface area contributed by atoms with Crippen molar-refractivity contribution in [2.45, 2.75) is 0 Å². The fraction of sp³-hybridized carbons (Fsp3) is 0. The van der Waals surface area contributed by atoms with E-state index in [0.717, 1.165) is 0 Å². The maximum absolute atomic E-state index is 6.75. The van der Waals surface area contributed by atoms with Gasteiger partial charge in [0, 0.05) is 0 Å². The molecular weight excluding hydrogens is 81.0 g/mol. The summed E-state index contributed by atoms with van der Waals surface area (Å²) in [5, 5.41) is 0. The quantitative estimate of drug-likeness (QED) is 0.130. The van der Waals surface area contributed by atoms with Crippen molar-refractivity contribution in [3.63, 3.8) is 0 Å². The minimum Gasteiger partial charge on any atom is -0.412 e. The molecule has 0 aliphatic carbocycles. The van der Waals surface area contributed by atoms with Crippen molar-refractivity contribution < 1.29 is 35.0 Å². The Morgan fingerprint density at radius 1 is 1.20 bits per heavy atom. The predicted octanol–water partition coefficient (Wildman–Crippen LogP) is -2.95. The third-order valence-corrected chi connectivity index (χ3v) is 0. The largest absolute Gasteiger partial charge is 1.00 e. The maximum atomic E-state index is 6.75. The van der Waals surface area contributed by atoms with Gasteiger partial charge in [0.25, 0.3) is 0 Å². The molecule has 0 aliphatic rings. The van der Waals surface area contributed by atoms with Gasteiger partial charge in [0.15, 0.2) is 0 Å². The number of hydrogen-bond acceptors (Lipinski definition) is 0. The van der Waals surface area contributed by atoms with Gasteiger partial charge in [0.05, 0.1) is 0 Å². The van der Waals surface area contributed by atoms with Crippen LogP contribution in [0.3, 0.4) is 0 Å². The number of rotatable bonds is 0. The van der Waals surface area contributed by atoms with Crippen LogP contribution in [0, 0.1) is 0 Å². The molecule has 5 heteroatoms. The Hall–Kier alpha value is 0.270. The molecule has 0 spiro atoms. The van der Waals surface area contributed by atoms with E-state index in [4.69, 9.17) is 11.1 Å². The van der Waals surface area contributed by atoms with Crippen molar-refractivity contribution >= 4 is 0 Å². The summed E-state index contributed by atoms with van der Waals surface area (Å²) in [7, 11) is 0. The summed E-state index contributed by atoms with van der Waals surface area (Å²) in [6, 6.07) is 0. The molecule has 0 aromatic heterocycles. The van der Waals surface area contributed by atoms with Crippen LogP contribution in [0.15, 0.2) is 0 Å². The second kappa shape index (κ2) is 28.3. The van der Waals surface area contributed by atoms with Crippen LogP contribution in [-0.2, 0) is 0 Å². The number of nitrogens with zero attached hydrogens (tertiary/aromatic N) is 3. The third kappa shape index (κ3) is 302. The zero-order valence-corrected chi connectivity index (χ0v) is 4.84. The summed E-state index contributed by atoms with van der Waals surface area (Å²) >= 11 is 0. The summed E-state index contributed by atoms with van der Waals surface area (Å²) in [6.45, 7) is 0. The summed E-state index contributed by atoms with van der Waals surface area (Å²) in [4.78, 5) is 1.50. The fourth-order valence-corrected chi connectivity index (χ4v) is 0. The van der Waals surface area contributed by atoms with Gasteiger partial charge in [-0.25, -0.2) is 0 Å². The first-order valence-corrected chi connectivity index (χ1v) is 0.400. The summed E-state index contributed by atoms with van der Waals surface area (Å²) in [5.74, 6) is 0. The molecule has 24 valence electrons. The van der Waals surface area contributed by atoms with E-state index >= 15 is 0 Å². The van der Waals surface area contributed by atoms with Crippen molar-refractivity contribution in [3.8, 4) is 0 Å². The number of hydrogen-bond donors (Lipinski definition) is 0. The van der Waals surface area contributed by atoms with Crippen molar-refractivity contribution in [2.75, 3.05) is 0 Å². The van der Waals surface area contributed by atoms with Gasteiger partial charge in [-0.1, -0.05) is 0 Å². The SMILES string of the molecule is O.[N-]=[N+]=[N-].[Na+]. The molecule has 0 saturated heterocycles. The standard InChI is InChI=1S/N3.Na.H2O/c1-3-2;;/h;;1H2/q-1;+1;. The van der Waals surface area contributed by atoms with Crippen molar-refractivity contribution in [3.05, 3.63) is 16.0 Å². The molecule has 0 unspecified atom stereocenters. The predicted molar refractivity (Wildman–Crippen MR) is 13.7 cm³/mol. The second-order valence-corrected chi connectivity index (χ2v) is 0.0894. The molecular formula is H2N3NaO. The minimum atomic E-state index is 0. The van der Waals surface area contributed by atoms with Crippen molar-refractivity contribution in [2.24, 2.45) is 0 Å². The van der Waals surface area contributed by atoms with Crippen LogP contribution in [0.25, 0.3) is 16.0 Å². The van der Waals surface area contributed by atoms with E-state index in [0.29, 0.717) is 0 Å². The average Bonchev–Trinajstić information content (AvgIpc) is 0.918. The zero-order chi connectivity index (χ0) is 2.71. The van der Waals surface area contributed by atoms with Crippen LogP contribution in [-0.4, -0.2) is 5.48 Å². The topological polar surface area (TPSA) is 90.2 Å². The molecule has 0 radical (unpaired) electrons. The third-order valence-electron chi connectivity index (χ3n) is 0. The minimum absolute atomic E-state index is 0. The van der Waals surface area contributed by atoms with E-state index in [1.165, 1.54) is 4.91 Å². The molecule has 0 heterocycles. The Kier molecular flexibility index (Phi) is 106. The van der Waals surface area contributed by atoms with E-state index in [9.17, 15) is 0 Å². The van der Waals surface area contributed by atoms with Gasteiger partial charge < -0.3 is 16.5 Å². The molecule has 0 atom stereocenters. The Balaban J connectivity index is -0.0000000200. The second-order valence-electron chi connectivity index (χ2n) is 0.0894. The van der Waals surface area contributed by atoms with Gasteiger partial charge in [-0.05, 0) is 0 Å². The van der Waals surface area contributed by atoms with Crippen LogP contribution in [0.5, 0.6) is 0 Å². The summed E-state index contributed by atoms with van der Waals surface area (Å²) < 4.78 is 0.